The second-order valence-electron chi connectivity index (χ2n) is 11.0. The molecule has 9 heteroatoms. The lowest BCUT2D eigenvalue weighted by molar-refractivity contribution is 0.0240. The average molecular weight is 557 g/mol. The van der Waals surface area contributed by atoms with Crippen LogP contribution in [0.4, 0.5) is 15.9 Å². The molecule has 0 spiro atoms. The van der Waals surface area contributed by atoms with E-state index >= 15 is 0 Å². The molecule has 1 fully saturated rings. The average Bonchev–Trinajstić information content (AvgIpc) is 3.39. The summed E-state index contributed by atoms with van der Waals surface area (Å²) >= 11 is 1.63. The van der Waals surface area contributed by atoms with Gasteiger partial charge in [0.15, 0.2) is 5.13 Å². The molecule has 1 atom stereocenters. The SMILES string of the molecule is Cc1cccc(-c2nc(N3CCN(C(=O)OC(C)(C)C)CC3)sc2-c2ccnc(N[C@@H](C)c3ccccc3)n2)c1. The molecule has 0 aliphatic carbocycles. The third-order valence-corrected chi connectivity index (χ3v) is 7.78. The summed E-state index contributed by atoms with van der Waals surface area (Å²) in [5, 5.41) is 4.36. The molecule has 1 saturated heterocycles. The van der Waals surface area contributed by atoms with Crippen LogP contribution in [0.2, 0.25) is 0 Å². The maximum Gasteiger partial charge on any atom is 0.410 e. The van der Waals surface area contributed by atoms with Gasteiger partial charge in [0.1, 0.15) is 5.60 Å². The summed E-state index contributed by atoms with van der Waals surface area (Å²) in [6.45, 7) is 12.4. The summed E-state index contributed by atoms with van der Waals surface area (Å²) in [5.74, 6) is 0.574. The summed E-state index contributed by atoms with van der Waals surface area (Å²) in [5.41, 5.74) is 4.61. The molecule has 4 aromatic rings. The number of carbonyl (C=O) groups excluding carboxylic acids is 1. The Labute approximate surface area is 240 Å². The number of ether oxygens (including phenoxy) is 1. The van der Waals surface area contributed by atoms with E-state index in [0.717, 1.165) is 27.0 Å². The fraction of sp³-hybridized carbons (Fsp3) is 0.355. The molecule has 1 amide bonds. The first-order valence-corrected chi connectivity index (χ1v) is 14.4. The van der Waals surface area contributed by atoms with Crippen molar-refractivity contribution in [3.63, 3.8) is 0 Å². The van der Waals surface area contributed by atoms with Gasteiger partial charge in [0.25, 0.3) is 0 Å². The summed E-state index contributed by atoms with van der Waals surface area (Å²) in [6, 6.07) is 20.7. The molecule has 40 heavy (non-hydrogen) atoms. The zero-order chi connectivity index (χ0) is 28.3. The van der Waals surface area contributed by atoms with Gasteiger partial charge < -0.3 is 19.9 Å². The van der Waals surface area contributed by atoms with Crippen molar-refractivity contribution in [3.8, 4) is 21.8 Å². The summed E-state index contributed by atoms with van der Waals surface area (Å²) < 4.78 is 5.57. The highest BCUT2D eigenvalue weighted by molar-refractivity contribution is 7.19. The van der Waals surface area contributed by atoms with Gasteiger partial charge in [-0.2, -0.15) is 0 Å². The number of benzene rings is 2. The van der Waals surface area contributed by atoms with Crippen LogP contribution in [0.5, 0.6) is 0 Å². The highest BCUT2D eigenvalue weighted by atomic mass is 32.1. The van der Waals surface area contributed by atoms with Crippen LogP contribution in [0.25, 0.3) is 21.8 Å². The Morgan fingerprint density at radius 3 is 2.45 bits per heavy atom. The van der Waals surface area contributed by atoms with Crippen molar-refractivity contribution in [2.45, 2.75) is 46.3 Å². The number of rotatable bonds is 6. The number of piperazine rings is 1. The molecule has 208 valence electrons. The maximum atomic E-state index is 12.6. The molecule has 5 rings (SSSR count). The molecule has 0 unspecified atom stereocenters. The summed E-state index contributed by atoms with van der Waals surface area (Å²) in [7, 11) is 0. The predicted octanol–water partition coefficient (Wildman–Crippen LogP) is 6.81. The van der Waals surface area contributed by atoms with Gasteiger partial charge in [-0.25, -0.2) is 19.7 Å². The predicted molar refractivity (Wildman–Crippen MR) is 162 cm³/mol. The second kappa shape index (κ2) is 11.6. The fourth-order valence-electron chi connectivity index (χ4n) is 4.59. The highest BCUT2D eigenvalue weighted by Crippen LogP contribution is 2.40. The molecule has 0 bridgehead atoms. The molecule has 0 saturated carbocycles. The van der Waals surface area contributed by atoms with E-state index in [4.69, 9.17) is 14.7 Å². The van der Waals surface area contributed by atoms with Crippen molar-refractivity contribution in [1.82, 2.24) is 19.9 Å². The van der Waals surface area contributed by atoms with Gasteiger partial charge in [-0.15, -0.1) is 0 Å². The maximum absolute atomic E-state index is 12.6. The van der Waals surface area contributed by atoms with E-state index < -0.39 is 5.60 Å². The minimum absolute atomic E-state index is 0.0611. The lowest BCUT2D eigenvalue weighted by Crippen LogP contribution is -2.50. The van der Waals surface area contributed by atoms with Crippen LogP contribution in [-0.4, -0.2) is 57.7 Å². The molecule has 1 N–H and O–H groups in total. The van der Waals surface area contributed by atoms with Crippen molar-refractivity contribution in [2.24, 2.45) is 0 Å². The molecule has 2 aromatic heterocycles. The van der Waals surface area contributed by atoms with Crippen molar-refractivity contribution >= 4 is 28.5 Å². The number of anilines is 2. The Hall–Kier alpha value is -3.98. The van der Waals surface area contributed by atoms with Crippen molar-refractivity contribution in [3.05, 3.63) is 78.0 Å². The van der Waals surface area contributed by atoms with E-state index in [1.165, 1.54) is 11.1 Å². The van der Waals surface area contributed by atoms with E-state index in [2.05, 4.69) is 65.4 Å². The summed E-state index contributed by atoms with van der Waals surface area (Å²) in [6.07, 6.45) is 1.53. The quantitative estimate of drug-likeness (QED) is 0.279. The normalized spacial score (nSPS) is 14.6. The van der Waals surface area contributed by atoms with Crippen LogP contribution in [0, 0.1) is 6.92 Å². The van der Waals surface area contributed by atoms with Gasteiger partial charge in [0.05, 0.1) is 22.3 Å². The van der Waals surface area contributed by atoms with Gasteiger partial charge in [-0.1, -0.05) is 65.4 Å². The van der Waals surface area contributed by atoms with Crippen LogP contribution in [0.1, 0.15) is 44.9 Å². The van der Waals surface area contributed by atoms with Gasteiger partial charge in [-0.05, 0) is 52.3 Å². The summed E-state index contributed by atoms with van der Waals surface area (Å²) in [4.78, 5) is 32.1. The van der Waals surface area contributed by atoms with Crippen LogP contribution in [0.15, 0.2) is 66.9 Å². The van der Waals surface area contributed by atoms with E-state index in [-0.39, 0.29) is 12.1 Å². The Balaban J connectivity index is 1.41. The Bertz CT molecular complexity index is 1460. The van der Waals surface area contributed by atoms with Gasteiger partial charge >= 0.3 is 6.09 Å². The minimum Gasteiger partial charge on any atom is -0.444 e. The number of hydrogen-bond acceptors (Lipinski definition) is 8. The first-order chi connectivity index (χ1) is 19.2. The molecule has 8 nitrogen and oxygen atoms in total. The number of aromatic nitrogens is 3. The second-order valence-corrected chi connectivity index (χ2v) is 12.0. The molecule has 1 aliphatic rings. The first-order valence-electron chi connectivity index (χ1n) is 13.6. The fourth-order valence-corrected chi connectivity index (χ4v) is 5.70. The third-order valence-electron chi connectivity index (χ3n) is 6.64. The number of thiazole rings is 1. The Morgan fingerprint density at radius 2 is 1.75 bits per heavy atom. The zero-order valence-electron chi connectivity index (χ0n) is 23.7. The number of aryl methyl sites for hydroxylation is 1. The number of carbonyl (C=O) groups is 1. The van der Waals surface area contributed by atoms with Gasteiger partial charge in [0.2, 0.25) is 5.95 Å². The zero-order valence-corrected chi connectivity index (χ0v) is 24.5. The highest BCUT2D eigenvalue weighted by Gasteiger charge is 2.28. The third kappa shape index (κ3) is 6.59. The van der Waals surface area contributed by atoms with Crippen LogP contribution in [-0.2, 0) is 4.74 Å². The minimum atomic E-state index is -0.509. The molecule has 1 aliphatic heterocycles. The molecule has 0 radical (unpaired) electrons. The van der Waals surface area contributed by atoms with E-state index in [1.54, 1.807) is 22.4 Å². The van der Waals surface area contributed by atoms with Crippen LogP contribution < -0.4 is 10.2 Å². The Kier molecular flexibility index (Phi) is 8.02. The lowest BCUT2D eigenvalue weighted by Gasteiger charge is -2.35. The number of hydrogen-bond donors (Lipinski definition) is 1. The van der Waals surface area contributed by atoms with E-state index in [1.807, 2.05) is 45.0 Å². The van der Waals surface area contributed by atoms with Gasteiger partial charge in [0, 0.05) is 37.9 Å². The van der Waals surface area contributed by atoms with Crippen LogP contribution in [0.3, 0.4) is 0 Å². The molecule has 3 heterocycles. The Morgan fingerprint density at radius 1 is 1.00 bits per heavy atom. The monoisotopic (exact) mass is 556 g/mol. The first kappa shape index (κ1) is 27.6. The largest absolute Gasteiger partial charge is 0.444 e. The standard InChI is InChI=1S/C31H36N6O2S/c1-21-10-9-13-24(20-21)26-27(25-14-15-32-28(34-25)33-22(2)23-11-7-6-8-12-23)40-29(35-26)36-16-18-37(19-17-36)30(38)39-31(3,4)5/h6-15,20,22H,16-19H2,1-5H3,(H,32,33,34)/t22-/m0/s1. The number of nitrogens with zero attached hydrogens (tertiary/aromatic N) is 5. The van der Waals surface area contributed by atoms with E-state index in [0.29, 0.717) is 32.1 Å². The lowest BCUT2D eigenvalue weighted by atomic mass is 10.1. The van der Waals surface area contributed by atoms with Crippen molar-refractivity contribution in [2.75, 3.05) is 36.4 Å². The number of nitrogens with one attached hydrogen (secondary N) is 1. The van der Waals surface area contributed by atoms with Gasteiger partial charge in [-0.3, -0.25) is 0 Å². The van der Waals surface area contributed by atoms with Crippen LogP contribution >= 0.6 is 11.3 Å². The van der Waals surface area contributed by atoms with E-state index in [9.17, 15) is 4.79 Å². The van der Waals surface area contributed by atoms with Crippen molar-refractivity contribution < 1.29 is 9.53 Å². The molecular formula is C31H36N6O2S. The van der Waals surface area contributed by atoms with Crippen molar-refractivity contribution in [1.29, 1.82) is 0 Å². The number of amides is 1. The topological polar surface area (TPSA) is 83.5 Å². The molecular weight excluding hydrogens is 520 g/mol. The smallest absolute Gasteiger partial charge is 0.410 e. The molecule has 2 aromatic carbocycles.